The molecule has 1 aromatic heterocycles. The van der Waals surface area contributed by atoms with E-state index in [9.17, 15) is 18.0 Å². The summed E-state index contributed by atoms with van der Waals surface area (Å²) in [5.74, 6) is -1.65. The van der Waals surface area contributed by atoms with Crippen LogP contribution in [0.25, 0.3) is 11.4 Å². The van der Waals surface area contributed by atoms with Crippen molar-refractivity contribution in [3.05, 3.63) is 46.7 Å². The number of carboxylic acids is 1. The second-order valence-corrected chi connectivity index (χ2v) is 4.16. The van der Waals surface area contributed by atoms with Gasteiger partial charge in [0.1, 0.15) is 0 Å². The Morgan fingerprint density at radius 1 is 1.20 bits per heavy atom. The molecule has 2 aromatic rings. The second-order valence-electron chi connectivity index (χ2n) is 3.75. The molecule has 4 nitrogen and oxygen atoms in total. The van der Waals surface area contributed by atoms with Crippen molar-refractivity contribution in [1.29, 1.82) is 0 Å². The molecule has 0 bridgehead atoms. The first-order valence-electron chi connectivity index (χ1n) is 5.22. The molecule has 0 saturated carbocycles. The van der Waals surface area contributed by atoms with Gasteiger partial charge >= 0.3 is 12.1 Å². The van der Waals surface area contributed by atoms with E-state index in [0.29, 0.717) is 6.07 Å². The van der Waals surface area contributed by atoms with Gasteiger partial charge in [0.15, 0.2) is 5.82 Å². The quantitative estimate of drug-likeness (QED) is 0.922. The van der Waals surface area contributed by atoms with Crippen molar-refractivity contribution in [2.75, 3.05) is 0 Å². The number of aromatic carboxylic acids is 1. The van der Waals surface area contributed by atoms with Crippen molar-refractivity contribution in [2.24, 2.45) is 0 Å². The number of alkyl halides is 3. The molecule has 1 heterocycles. The van der Waals surface area contributed by atoms with Gasteiger partial charge in [0.2, 0.25) is 0 Å². The normalized spacial score (nSPS) is 11.4. The van der Waals surface area contributed by atoms with Crippen LogP contribution in [0.1, 0.15) is 15.9 Å². The number of nitrogens with zero attached hydrogens (tertiary/aromatic N) is 2. The van der Waals surface area contributed by atoms with Crippen molar-refractivity contribution in [1.82, 2.24) is 9.97 Å². The van der Waals surface area contributed by atoms with Crippen molar-refractivity contribution < 1.29 is 23.1 Å². The van der Waals surface area contributed by atoms with Crippen LogP contribution < -0.4 is 0 Å². The van der Waals surface area contributed by atoms with E-state index >= 15 is 0 Å². The van der Waals surface area contributed by atoms with E-state index < -0.39 is 33.9 Å². The number of halogens is 4. The van der Waals surface area contributed by atoms with Crippen LogP contribution >= 0.6 is 11.6 Å². The number of rotatable bonds is 2. The molecule has 1 aromatic carbocycles. The predicted octanol–water partition coefficient (Wildman–Crippen LogP) is 3.51. The molecule has 1 N–H and O–H groups in total. The van der Waals surface area contributed by atoms with Crippen molar-refractivity contribution >= 4 is 17.6 Å². The Morgan fingerprint density at radius 2 is 1.80 bits per heavy atom. The molecule has 0 aliphatic rings. The SMILES string of the molecule is O=C(O)c1cc(-c2ncccn2)c(C(F)(F)F)cc1Cl. The second kappa shape index (κ2) is 5.09. The van der Waals surface area contributed by atoms with E-state index in [4.69, 9.17) is 16.7 Å². The molecule has 0 unspecified atom stereocenters. The van der Waals surface area contributed by atoms with Gasteiger partial charge in [0.25, 0.3) is 0 Å². The summed E-state index contributed by atoms with van der Waals surface area (Å²) in [4.78, 5) is 18.4. The van der Waals surface area contributed by atoms with Crippen molar-refractivity contribution in [3.8, 4) is 11.4 Å². The first-order valence-corrected chi connectivity index (χ1v) is 5.60. The largest absolute Gasteiger partial charge is 0.478 e. The maximum absolute atomic E-state index is 13.0. The number of hydrogen-bond donors (Lipinski definition) is 1. The lowest BCUT2D eigenvalue weighted by atomic mass is 10.0. The molecule has 20 heavy (non-hydrogen) atoms. The highest BCUT2D eigenvalue weighted by Gasteiger charge is 2.35. The van der Waals surface area contributed by atoms with Gasteiger partial charge in [0.05, 0.1) is 16.1 Å². The molecule has 0 aliphatic carbocycles. The number of aromatic nitrogens is 2. The van der Waals surface area contributed by atoms with Crippen LogP contribution in [0.2, 0.25) is 5.02 Å². The Bertz CT molecular complexity index is 660. The van der Waals surface area contributed by atoms with Crippen LogP contribution in [0.15, 0.2) is 30.6 Å². The average molecular weight is 303 g/mol. The number of carbonyl (C=O) groups is 1. The fourth-order valence-corrected chi connectivity index (χ4v) is 1.84. The minimum Gasteiger partial charge on any atom is -0.478 e. The van der Waals surface area contributed by atoms with Gasteiger partial charge in [-0.25, -0.2) is 14.8 Å². The molecule has 0 spiro atoms. The summed E-state index contributed by atoms with van der Waals surface area (Å²) in [5.41, 5.74) is -1.96. The van der Waals surface area contributed by atoms with Crippen LogP contribution in [0, 0.1) is 0 Å². The number of benzene rings is 1. The van der Waals surface area contributed by atoms with Crippen molar-refractivity contribution in [2.45, 2.75) is 6.18 Å². The lowest BCUT2D eigenvalue weighted by molar-refractivity contribution is -0.137. The van der Waals surface area contributed by atoms with Gasteiger partial charge in [0, 0.05) is 18.0 Å². The molecule has 0 saturated heterocycles. The topological polar surface area (TPSA) is 63.1 Å². The number of carboxylic acid groups (broad SMARTS) is 1. The third-order valence-corrected chi connectivity index (χ3v) is 2.76. The molecule has 2 rings (SSSR count). The summed E-state index contributed by atoms with van der Waals surface area (Å²) in [6, 6.07) is 2.82. The fourth-order valence-electron chi connectivity index (χ4n) is 1.59. The van der Waals surface area contributed by atoms with Crippen LogP contribution in [0.5, 0.6) is 0 Å². The van der Waals surface area contributed by atoms with E-state index in [1.165, 1.54) is 18.5 Å². The molecule has 0 atom stereocenters. The van der Waals surface area contributed by atoms with E-state index in [1.54, 1.807) is 0 Å². The third-order valence-electron chi connectivity index (χ3n) is 2.45. The molecule has 0 fully saturated rings. The minimum absolute atomic E-state index is 0.223. The van der Waals surface area contributed by atoms with E-state index in [-0.39, 0.29) is 5.82 Å². The molecule has 0 aliphatic heterocycles. The maximum Gasteiger partial charge on any atom is 0.417 e. The van der Waals surface area contributed by atoms with Gasteiger partial charge in [-0.05, 0) is 18.2 Å². The molecule has 8 heteroatoms. The Labute approximate surface area is 115 Å². The zero-order chi connectivity index (χ0) is 14.9. The standard InChI is InChI=1S/C12H6ClF3N2O2/c13-9-5-8(12(14,15)16)6(4-7(9)11(19)20)10-17-2-1-3-18-10/h1-5H,(H,19,20). The highest BCUT2D eigenvalue weighted by atomic mass is 35.5. The van der Waals surface area contributed by atoms with Crippen LogP contribution in [0.4, 0.5) is 13.2 Å². The molecular formula is C12H6ClF3N2O2. The van der Waals surface area contributed by atoms with Gasteiger partial charge in [-0.15, -0.1) is 0 Å². The number of hydrogen-bond acceptors (Lipinski definition) is 3. The summed E-state index contributed by atoms with van der Waals surface area (Å²) in [7, 11) is 0. The first kappa shape index (κ1) is 14.3. The van der Waals surface area contributed by atoms with Crippen LogP contribution in [-0.4, -0.2) is 21.0 Å². The van der Waals surface area contributed by atoms with Gasteiger partial charge in [-0.3, -0.25) is 0 Å². The lowest BCUT2D eigenvalue weighted by Gasteiger charge is -2.13. The van der Waals surface area contributed by atoms with Crippen LogP contribution in [0.3, 0.4) is 0 Å². The van der Waals surface area contributed by atoms with E-state index in [2.05, 4.69) is 9.97 Å². The molecule has 104 valence electrons. The monoisotopic (exact) mass is 302 g/mol. The zero-order valence-electron chi connectivity index (χ0n) is 9.65. The maximum atomic E-state index is 13.0. The summed E-state index contributed by atoms with van der Waals surface area (Å²) in [6.45, 7) is 0. The Balaban J connectivity index is 2.76. The lowest BCUT2D eigenvalue weighted by Crippen LogP contribution is -2.10. The predicted molar refractivity (Wildman–Crippen MR) is 64.4 cm³/mol. The Kier molecular flexibility index (Phi) is 3.63. The van der Waals surface area contributed by atoms with Gasteiger partial charge < -0.3 is 5.11 Å². The van der Waals surface area contributed by atoms with E-state index in [0.717, 1.165) is 6.07 Å². The molecule has 0 radical (unpaired) electrons. The average Bonchev–Trinajstić information content (AvgIpc) is 2.38. The summed E-state index contributed by atoms with van der Waals surface area (Å²) in [5, 5.41) is 8.43. The molecule has 0 amide bonds. The fraction of sp³-hybridized carbons (Fsp3) is 0.0833. The van der Waals surface area contributed by atoms with Gasteiger partial charge in [-0.2, -0.15) is 13.2 Å². The zero-order valence-corrected chi connectivity index (χ0v) is 10.4. The van der Waals surface area contributed by atoms with Crippen LogP contribution in [-0.2, 0) is 6.18 Å². The summed E-state index contributed by atoms with van der Waals surface area (Å²) in [6.07, 6.45) is -2.18. The summed E-state index contributed by atoms with van der Waals surface area (Å²) >= 11 is 5.57. The van der Waals surface area contributed by atoms with E-state index in [1.807, 2.05) is 0 Å². The third kappa shape index (κ3) is 2.72. The first-order chi connectivity index (χ1) is 9.30. The summed E-state index contributed by atoms with van der Waals surface area (Å²) < 4.78 is 39.0. The highest BCUT2D eigenvalue weighted by molar-refractivity contribution is 6.33. The Morgan fingerprint density at radius 3 is 2.30 bits per heavy atom. The molecular weight excluding hydrogens is 297 g/mol. The minimum atomic E-state index is -4.70. The smallest absolute Gasteiger partial charge is 0.417 e. The Hall–Kier alpha value is -2.15. The van der Waals surface area contributed by atoms with Gasteiger partial charge in [-0.1, -0.05) is 11.6 Å². The highest BCUT2D eigenvalue weighted by Crippen LogP contribution is 2.38. The van der Waals surface area contributed by atoms with Crippen molar-refractivity contribution in [3.63, 3.8) is 0 Å².